The van der Waals surface area contributed by atoms with Crippen molar-refractivity contribution < 1.29 is 33.4 Å². The fraction of sp³-hybridized carbons (Fsp3) is 0.500. The third kappa shape index (κ3) is 4.30. The van der Waals surface area contributed by atoms with Gasteiger partial charge in [-0.1, -0.05) is 0 Å². The number of ether oxygens (including phenoxy) is 3. The van der Waals surface area contributed by atoms with E-state index in [0.29, 0.717) is 11.3 Å². The van der Waals surface area contributed by atoms with Crippen LogP contribution in [0.25, 0.3) is 0 Å². The number of hydrogen-bond donors (Lipinski definition) is 0. The van der Waals surface area contributed by atoms with Gasteiger partial charge in [-0.05, 0) is 37.1 Å². The number of carbonyl (C=O) groups is 4. The molecule has 3 rings (SSSR count). The Morgan fingerprint density at radius 1 is 1.10 bits per heavy atom. The molecule has 1 aliphatic carbocycles. The molecule has 1 saturated carbocycles. The number of anilines is 1. The minimum absolute atomic E-state index is 0.0567. The highest BCUT2D eigenvalue weighted by atomic mass is 16.7. The van der Waals surface area contributed by atoms with Crippen molar-refractivity contribution in [3.05, 3.63) is 29.8 Å². The van der Waals surface area contributed by atoms with E-state index in [1.54, 1.807) is 0 Å². The molecule has 29 heavy (non-hydrogen) atoms. The molecule has 2 fully saturated rings. The van der Waals surface area contributed by atoms with Crippen LogP contribution in [0.15, 0.2) is 24.3 Å². The van der Waals surface area contributed by atoms with Gasteiger partial charge in [-0.3, -0.25) is 14.4 Å². The number of imide groups is 1. The van der Waals surface area contributed by atoms with Crippen molar-refractivity contribution in [2.24, 2.45) is 5.92 Å². The summed E-state index contributed by atoms with van der Waals surface area (Å²) < 4.78 is 15.0. The molecule has 156 valence electrons. The Labute approximate surface area is 168 Å². The van der Waals surface area contributed by atoms with E-state index < -0.39 is 30.1 Å². The number of hydrogen-bond acceptors (Lipinski definition) is 7. The van der Waals surface area contributed by atoms with Crippen molar-refractivity contribution >= 4 is 29.4 Å². The zero-order valence-corrected chi connectivity index (χ0v) is 16.6. The first-order valence-corrected chi connectivity index (χ1v) is 9.32. The van der Waals surface area contributed by atoms with Crippen LogP contribution in [0.5, 0.6) is 0 Å². The van der Waals surface area contributed by atoms with Gasteiger partial charge in [0, 0.05) is 20.1 Å². The van der Waals surface area contributed by atoms with Crippen molar-refractivity contribution in [2.75, 3.05) is 32.8 Å². The molecule has 1 aromatic carbocycles. The molecule has 1 saturated heterocycles. The maximum atomic E-state index is 13.1. The van der Waals surface area contributed by atoms with Gasteiger partial charge in [-0.2, -0.15) is 0 Å². The minimum Gasteiger partial charge on any atom is -0.465 e. The average molecular weight is 404 g/mol. The lowest BCUT2D eigenvalue weighted by molar-refractivity contribution is -0.153. The highest BCUT2D eigenvalue weighted by Crippen LogP contribution is 2.34. The highest BCUT2D eigenvalue weighted by Gasteiger charge is 2.47. The zero-order chi connectivity index (χ0) is 21.1. The average Bonchev–Trinajstić information content (AvgIpc) is 3.54. The first-order valence-electron chi connectivity index (χ1n) is 9.32. The van der Waals surface area contributed by atoms with Crippen LogP contribution in [-0.2, 0) is 28.6 Å². The van der Waals surface area contributed by atoms with Crippen LogP contribution in [-0.4, -0.2) is 68.8 Å². The number of carbonyl (C=O) groups excluding carboxylic acids is 4. The van der Waals surface area contributed by atoms with Gasteiger partial charge in [0.2, 0.25) is 11.8 Å². The predicted octanol–water partition coefficient (Wildman–Crippen LogP) is 0.963. The number of nitrogens with zero attached hydrogens (tertiary/aromatic N) is 2. The first-order chi connectivity index (χ1) is 13.9. The maximum Gasteiger partial charge on any atom is 0.337 e. The second kappa shape index (κ2) is 8.71. The molecular formula is C20H24N2O7. The Bertz CT molecular complexity index is 800. The van der Waals surface area contributed by atoms with Crippen molar-refractivity contribution in [3.8, 4) is 0 Å². The van der Waals surface area contributed by atoms with Crippen LogP contribution in [0.1, 0.15) is 29.6 Å². The zero-order valence-electron chi connectivity index (χ0n) is 16.6. The van der Waals surface area contributed by atoms with Crippen LogP contribution in [0.3, 0.4) is 0 Å². The van der Waals surface area contributed by atoms with Crippen LogP contribution < -0.4 is 4.90 Å². The molecule has 1 atom stereocenters. The number of esters is 1. The predicted molar refractivity (Wildman–Crippen MR) is 101 cm³/mol. The lowest BCUT2D eigenvalue weighted by Gasteiger charge is -2.30. The van der Waals surface area contributed by atoms with Gasteiger partial charge in [0.15, 0.2) is 6.29 Å². The summed E-state index contributed by atoms with van der Waals surface area (Å²) in [4.78, 5) is 52.5. The van der Waals surface area contributed by atoms with Gasteiger partial charge in [-0.25, -0.2) is 9.69 Å². The minimum atomic E-state index is -0.913. The topological polar surface area (TPSA) is 102 Å². The number of benzene rings is 1. The van der Waals surface area contributed by atoms with Crippen LogP contribution in [0, 0.1) is 5.92 Å². The van der Waals surface area contributed by atoms with E-state index in [1.807, 2.05) is 0 Å². The molecule has 1 unspecified atom stereocenters. The summed E-state index contributed by atoms with van der Waals surface area (Å²) in [6.45, 7) is 0.0567. The van der Waals surface area contributed by atoms with Gasteiger partial charge in [0.1, 0.15) is 6.04 Å². The molecule has 9 nitrogen and oxygen atoms in total. The van der Waals surface area contributed by atoms with Gasteiger partial charge in [-0.15, -0.1) is 0 Å². The van der Waals surface area contributed by atoms with Gasteiger partial charge >= 0.3 is 5.97 Å². The van der Waals surface area contributed by atoms with E-state index >= 15 is 0 Å². The van der Waals surface area contributed by atoms with Crippen molar-refractivity contribution in [1.82, 2.24) is 4.90 Å². The summed E-state index contributed by atoms with van der Waals surface area (Å²) in [5.41, 5.74) is 0.643. The second-order valence-corrected chi connectivity index (χ2v) is 6.99. The molecule has 3 amide bonds. The molecule has 0 N–H and O–H groups in total. The number of rotatable bonds is 8. The maximum absolute atomic E-state index is 13.1. The van der Waals surface area contributed by atoms with Crippen molar-refractivity contribution in [2.45, 2.75) is 31.6 Å². The summed E-state index contributed by atoms with van der Waals surface area (Å²) in [6, 6.07) is 5.06. The Kier molecular flexibility index (Phi) is 6.29. The first kappa shape index (κ1) is 20.9. The van der Waals surface area contributed by atoms with Gasteiger partial charge < -0.3 is 19.1 Å². The van der Waals surface area contributed by atoms with E-state index in [2.05, 4.69) is 4.74 Å². The van der Waals surface area contributed by atoms with Crippen LogP contribution >= 0.6 is 0 Å². The van der Waals surface area contributed by atoms with Crippen LogP contribution in [0.2, 0.25) is 0 Å². The monoisotopic (exact) mass is 404 g/mol. The Morgan fingerprint density at radius 2 is 1.72 bits per heavy atom. The lowest BCUT2D eigenvalue weighted by Crippen LogP contribution is -2.49. The van der Waals surface area contributed by atoms with Crippen molar-refractivity contribution in [1.29, 1.82) is 0 Å². The summed E-state index contributed by atoms with van der Waals surface area (Å²) in [5, 5.41) is 0. The smallest absolute Gasteiger partial charge is 0.337 e. The van der Waals surface area contributed by atoms with Gasteiger partial charge in [0.05, 0.1) is 31.3 Å². The van der Waals surface area contributed by atoms with E-state index in [4.69, 9.17) is 9.47 Å². The summed E-state index contributed by atoms with van der Waals surface area (Å²) in [7, 11) is 4.17. The van der Waals surface area contributed by atoms with Gasteiger partial charge in [0.25, 0.3) is 5.91 Å². The number of amides is 3. The molecule has 1 aliphatic heterocycles. The molecule has 1 heterocycles. The highest BCUT2D eigenvalue weighted by molar-refractivity contribution is 6.23. The molecule has 9 heteroatoms. The quantitative estimate of drug-likeness (QED) is 0.361. The summed E-state index contributed by atoms with van der Waals surface area (Å²) >= 11 is 0. The third-order valence-electron chi connectivity index (χ3n) is 5.13. The van der Waals surface area contributed by atoms with Crippen LogP contribution in [0.4, 0.5) is 5.69 Å². The Balaban J connectivity index is 1.83. The Hall–Kier alpha value is -2.78. The molecule has 0 radical (unpaired) electrons. The fourth-order valence-corrected chi connectivity index (χ4v) is 3.34. The normalized spacial score (nSPS) is 19.0. The fourth-order valence-electron chi connectivity index (χ4n) is 3.34. The molecule has 0 spiro atoms. The van der Waals surface area contributed by atoms with E-state index in [9.17, 15) is 19.2 Å². The SMILES string of the molecule is COC(=O)c1ccc(N2C(=O)CC(N(CC(OC)OC)C(=O)C3CC3)C2=O)cc1. The molecule has 0 bridgehead atoms. The standard InChI is InChI=1S/C20H24N2O7/c1-27-17(28-2)11-21(18(24)12-4-5-12)15-10-16(23)22(19(15)25)14-8-6-13(7-9-14)20(26)29-3/h6-9,12,15,17H,4-5,10-11H2,1-3H3. The van der Waals surface area contributed by atoms with Crippen molar-refractivity contribution in [3.63, 3.8) is 0 Å². The Morgan fingerprint density at radius 3 is 2.24 bits per heavy atom. The molecule has 1 aromatic rings. The summed E-state index contributed by atoms with van der Waals surface area (Å²) in [5.74, 6) is -1.70. The number of methoxy groups -OCH3 is 3. The molecular weight excluding hydrogens is 380 g/mol. The van der Waals surface area contributed by atoms with E-state index in [-0.39, 0.29) is 24.8 Å². The lowest BCUT2D eigenvalue weighted by atomic mass is 10.1. The summed E-state index contributed by atoms with van der Waals surface area (Å²) in [6.07, 6.45) is 0.728. The third-order valence-corrected chi connectivity index (χ3v) is 5.13. The van der Waals surface area contributed by atoms with E-state index in [0.717, 1.165) is 17.7 Å². The molecule has 2 aliphatic rings. The molecule has 0 aromatic heterocycles. The van der Waals surface area contributed by atoms with E-state index in [1.165, 1.54) is 50.5 Å². The second-order valence-electron chi connectivity index (χ2n) is 6.99. The largest absolute Gasteiger partial charge is 0.465 e.